The molecule has 1 rings (SSSR count). The largest absolute Gasteiger partial charge is 0.368 e. The Kier molecular flexibility index (Phi) is 4.11. The van der Waals surface area contributed by atoms with Gasteiger partial charge in [0.25, 0.3) is 0 Å². The van der Waals surface area contributed by atoms with Crippen LogP contribution in [-0.4, -0.2) is 43.0 Å². The summed E-state index contributed by atoms with van der Waals surface area (Å²) in [6.07, 6.45) is 2.47. The molecule has 1 fully saturated rings. The van der Waals surface area contributed by atoms with Gasteiger partial charge < -0.3 is 16.0 Å². The monoisotopic (exact) mass is 213 g/mol. The first-order valence-electron chi connectivity index (χ1n) is 5.73. The zero-order valence-electron chi connectivity index (χ0n) is 10.0. The Labute approximate surface area is 92.2 Å². The molecule has 0 bridgehead atoms. The lowest BCUT2D eigenvalue weighted by molar-refractivity contribution is -0.124. The van der Waals surface area contributed by atoms with E-state index in [0.717, 1.165) is 25.6 Å². The van der Waals surface area contributed by atoms with Crippen LogP contribution in [0.5, 0.6) is 0 Å². The van der Waals surface area contributed by atoms with Crippen molar-refractivity contribution >= 4 is 5.91 Å². The number of hydrogen-bond donors (Lipinski definition) is 2. The average Bonchev–Trinajstić information content (AvgIpc) is 2.65. The number of rotatable bonds is 5. The van der Waals surface area contributed by atoms with Crippen molar-refractivity contribution in [3.05, 3.63) is 0 Å². The summed E-state index contributed by atoms with van der Waals surface area (Å²) in [5.41, 5.74) is 4.80. The van der Waals surface area contributed by atoms with E-state index in [9.17, 15) is 4.79 Å². The summed E-state index contributed by atoms with van der Waals surface area (Å²) in [6, 6.07) is 0. The van der Waals surface area contributed by atoms with Gasteiger partial charge in [-0.3, -0.25) is 4.79 Å². The van der Waals surface area contributed by atoms with Crippen molar-refractivity contribution in [2.24, 2.45) is 11.7 Å². The Morgan fingerprint density at radius 1 is 1.67 bits per heavy atom. The number of carbonyl (C=O) groups excluding carboxylic acids is 1. The molecule has 1 heterocycles. The number of primary amides is 1. The van der Waals surface area contributed by atoms with Gasteiger partial charge in [-0.05, 0) is 32.9 Å². The van der Waals surface area contributed by atoms with E-state index in [2.05, 4.69) is 17.1 Å². The summed E-state index contributed by atoms with van der Waals surface area (Å²) < 4.78 is 0. The lowest BCUT2D eigenvalue weighted by atomic mass is 10.0. The van der Waals surface area contributed by atoms with Gasteiger partial charge in [-0.1, -0.05) is 13.3 Å². The summed E-state index contributed by atoms with van der Waals surface area (Å²) in [4.78, 5) is 13.7. The molecule has 0 saturated carbocycles. The molecule has 0 aliphatic carbocycles. The Morgan fingerprint density at radius 3 is 2.73 bits per heavy atom. The van der Waals surface area contributed by atoms with Crippen LogP contribution in [0.2, 0.25) is 0 Å². The zero-order valence-corrected chi connectivity index (χ0v) is 10.0. The molecule has 2 unspecified atom stereocenters. The molecule has 0 radical (unpaired) electrons. The van der Waals surface area contributed by atoms with E-state index in [0.29, 0.717) is 0 Å². The molecule has 0 spiro atoms. The molecule has 2 atom stereocenters. The van der Waals surface area contributed by atoms with Gasteiger partial charge in [-0.2, -0.15) is 0 Å². The van der Waals surface area contributed by atoms with Gasteiger partial charge >= 0.3 is 0 Å². The van der Waals surface area contributed by atoms with Crippen LogP contribution in [0, 0.1) is 5.92 Å². The fourth-order valence-electron chi connectivity index (χ4n) is 2.12. The molecule has 4 nitrogen and oxygen atoms in total. The maximum absolute atomic E-state index is 11.3. The van der Waals surface area contributed by atoms with Crippen LogP contribution in [0.25, 0.3) is 0 Å². The number of likely N-dealkylation sites (tertiary alicyclic amines) is 1. The van der Waals surface area contributed by atoms with Crippen molar-refractivity contribution in [1.82, 2.24) is 10.2 Å². The van der Waals surface area contributed by atoms with Crippen LogP contribution in [-0.2, 0) is 4.79 Å². The van der Waals surface area contributed by atoms with Crippen molar-refractivity contribution in [2.75, 3.05) is 26.7 Å². The van der Waals surface area contributed by atoms with E-state index >= 15 is 0 Å². The van der Waals surface area contributed by atoms with E-state index in [4.69, 9.17) is 5.73 Å². The Morgan fingerprint density at radius 2 is 2.33 bits per heavy atom. The smallest absolute Gasteiger partial charge is 0.238 e. The topological polar surface area (TPSA) is 58.4 Å². The van der Waals surface area contributed by atoms with Gasteiger partial charge in [0.05, 0.1) is 0 Å². The minimum absolute atomic E-state index is 0.273. The Bertz CT molecular complexity index is 232. The number of amides is 1. The van der Waals surface area contributed by atoms with E-state index in [1.807, 2.05) is 6.92 Å². The summed E-state index contributed by atoms with van der Waals surface area (Å²) in [5.74, 6) is 0.518. The molecule has 0 aromatic heterocycles. The van der Waals surface area contributed by atoms with Crippen LogP contribution < -0.4 is 11.1 Å². The average molecular weight is 213 g/mol. The number of hydrogen-bond acceptors (Lipinski definition) is 3. The van der Waals surface area contributed by atoms with Gasteiger partial charge in [0.2, 0.25) is 5.91 Å². The molecule has 4 heteroatoms. The minimum atomic E-state index is -0.595. The maximum atomic E-state index is 11.3. The number of nitrogens with zero attached hydrogens (tertiary/aromatic N) is 1. The second-order valence-corrected chi connectivity index (χ2v) is 4.74. The van der Waals surface area contributed by atoms with Gasteiger partial charge in [0.1, 0.15) is 5.54 Å². The molecule has 0 aromatic rings. The van der Waals surface area contributed by atoms with Crippen molar-refractivity contribution in [3.63, 3.8) is 0 Å². The van der Waals surface area contributed by atoms with Crippen LogP contribution in [0.1, 0.15) is 26.7 Å². The quantitative estimate of drug-likeness (QED) is 0.685. The maximum Gasteiger partial charge on any atom is 0.238 e. The van der Waals surface area contributed by atoms with Gasteiger partial charge in [0.15, 0.2) is 0 Å². The SMILES string of the molecule is CCC1CCN(CC(C)(NC)C(N)=O)C1. The lowest BCUT2D eigenvalue weighted by Gasteiger charge is -2.30. The minimum Gasteiger partial charge on any atom is -0.368 e. The van der Waals surface area contributed by atoms with Crippen molar-refractivity contribution in [1.29, 1.82) is 0 Å². The summed E-state index contributed by atoms with van der Waals surface area (Å²) in [7, 11) is 1.79. The third kappa shape index (κ3) is 2.92. The summed E-state index contributed by atoms with van der Waals surface area (Å²) in [6.45, 7) is 6.99. The highest BCUT2D eigenvalue weighted by Crippen LogP contribution is 2.20. The molecule has 15 heavy (non-hydrogen) atoms. The first-order valence-corrected chi connectivity index (χ1v) is 5.73. The Hall–Kier alpha value is -0.610. The second-order valence-electron chi connectivity index (χ2n) is 4.74. The third-order valence-electron chi connectivity index (χ3n) is 3.58. The molecule has 1 aliphatic heterocycles. The molecule has 1 amide bonds. The number of nitrogens with two attached hydrogens (primary N) is 1. The highest BCUT2D eigenvalue weighted by molar-refractivity contribution is 5.84. The number of carbonyl (C=O) groups is 1. The van der Waals surface area contributed by atoms with Crippen LogP contribution in [0.15, 0.2) is 0 Å². The van der Waals surface area contributed by atoms with E-state index in [-0.39, 0.29) is 5.91 Å². The normalized spacial score (nSPS) is 26.5. The molecule has 3 N–H and O–H groups in total. The van der Waals surface area contributed by atoms with Gasteiger partial charge in [0, 0.05) is 13.1 Å². The predicted molar refractivity (Wildman–Crippen MR) is 61.5 cm³/mol. The predicted octanol–water partition coefficient (Wildman–Crippen LogP) is 0.182. The van der Waals surface area contributed by atoms with E-state index in [1.165, 1.54) is 12.8 Å². The Balaban J connectivity index is 2.50. The van der Waals surface area contributed by atoms with Crippen LogP contribution in [0.3, 0.4) is 0 Å². The van der Waals surface area contributed by atoms with Crippen LogP contribution >= 0.6 is 0 Å². The third-order valence-corrected chi connectivity index (χ3v) is 3.58. The number of nitrogens with one attached hydrogen (secondary N) is 1. The van der Waals surface area contributed by atoms with Gasteiger partial charge in [-0.15, -0.1) is 0 Å². The molecule has 0 aromatic carbocycles. The zero-order chi connectivity index (χ0) is 11.5. The molecule has 88 valence electrons. The lowest BCUT2D eigenvalue weighted by Crippen LogP contribution is -2.58. The first kappa shape index (κ1) is 12.5. The second kappa shape index (κ2) is 4.94. The first-order chi connectivity index (χ1) is 7.01. The summed E-state index contributed by atoms with van der Waals surface area (Å²) >= 11 is 0. The molecule has 1 saturated heterocycles. The molecular formula is C11H23N3O. The summed E-state index contributed by atoms with van der Waals surface area (Å²) in [5, 5.41) is 3.02. The van der Waals surface area contributed by atoms with Crippen molar-refractivity contribution in [3.8, 4) is 0 Å². The van der Waals surface area contributed by atoms with E-state index < -0.39 is 5.54 Å². The highest BCUT2D eigenvalue weighted by Gasteiger charge is 2.33. The number of likely N-dealkylation sites (N-methyl/N-ethyl adjacent to an activating group) is 1. The van der Waals surface area contributed by atoms with Crippen molar-refractivity contribution < 1.29 is 4.79 Å². The fraction of sp³-hybridized carbons (Fsp3) is 0.909. The standard InChI is InChI=1S/C11H23N3O/c1-4-9-5-6-14(7-9)8-11(2,13-3)10(12)15/h9,13H,4-8H2,1-3H3,(H2,12,15). The molecular weight excluding hydrogens is 190 g/mol. The van der Waals surface area contributed by atoms with Gasteiger partial charge in [-0.25, -0.2) is 0 Å². The molecule has 1 aliphatic rings. The van der Waals surface area contributed by atoms with Crippen LogP contribution in [0.4, 0.5) is 0 Å². The van der Waals surface area contributed by atoms with Crippen molar-refractivity contribution in [2.45, 2.75) is 32.2 Å². The fourth-order valence-corrected chi connectivity index (χ4v) is 2.12. The highest BCUT2D eigenvalue weighted by atomic mass is 16.1. The van der Waals surface area contributed by atoms with E-state index in [1.54, 1.807) is 7.05 Å².